The van der Waals surface area contributed by atoms with Gasteiger partial charge in [0.2, 0.25) is 5.91 Å². The van der Waals surface area contributed by atoms with Crippen molar-refractivity contribution in [2.45, 2.75) is 38.0 Å². The molecule has 0 aromatic rings. The van der Waals surface area contributed by atoms with Crippen LogP contribution in [0.2, 0.25) is 0 Å². The van der Waals surface area contributed by atoms with Crippen molar-refractivity contribution in [3.63, 3.8) is 0 Å². The molecule has 96 valence electrons. The second kappa shape index (κ2) is 4.55. The van der Waals surface area contributed by atoms with E-state index in [1.54, 1.807) is 0 Å². The van der Waals surface area contributed by atoms with Gasteiger partial charge in [0.05, 0.1) is 25.4 Å². The highest BCUT2D eigenvalue weighted by Crippen LogP contribution is 2.23. The maximum atomic E-state index is 11.8. The fourth-order valence-corrected chi connectivity index (χ4v) is 3.08. The number of morpholine rings is 1. The van der Waals surface area contributed by atoms with Crippen LogP contribution in [0.3, 0.4) is 0 Å². The van der Waals surface area contributed by atoms with E-state index in [0.717, 1.165) is 19.7 Å². The van der Waals surface area contributed by atoms with Crippen LogP contribution in [0.5, 0.6) is 0 Å². The molecule has 0 aromatic carbocycles. The summed E-state index contributed by atoms with van der Waals surface area (Å²) < 4.78 is 5.87. The minimum absolute atomic E-state index is 0.0295. The number of amides is 1. The second-order valence-electron chi connectivity index (χ2n) is 5.39. The fourth-order valence-electron chi connectivity index (χ4n) is 3.08. The van der Waals surface area contributed by atoms with E-state index in [2.05, 4.69) is 10.2 Å². The zero-order chi connectivity index (χ0) is 11.8. The summed E-state index contributed by atoms with van der Waals surface area (Å²) in [5.41, 5.74) is 0. The summed E-state index contributed by atoms with van der Waals surface area (Å²) >= 11 is 0. The lowest BCUT2D eigenvalue weighted by atomic mass is 10.2. The first-order valence-corrected chi connectivity index (χ1v) is 6.62. The number of fused-ring (bicyclic) bond motifs is 1. The first-order valence-electron chi connectivity index (χ1n) is 6.62. The number of hydrogen-bond acceptors (Lipinski definition) is 4. The summed E-state index contributed by atoms with van der Waals surface area (Å²) in [4.78, 5) is 16.2. The third-order valence-corrected chi connectivity index (χ3v) is 4.16. The molecular formula is C12H21N3O2. The van der Waals surface area contributed by atoms with Gasteiger partial charge in [-0.2, -0.15) is 0 Å². The van der Waals surface area contributed by atoms with Gasteiger partial charge in [-0.3, -0.25) is 15.0 Å². The third kappa shape index (κ3) is 2.19. The van der Waals surface area contributed by atoms with Crippen molar-refractivity contribution < 1.29 is 9.53 Å². The van der Waals surface area contributed by atoms with Crippen LogP contribution in [-0.4, -0.2) is 66.8 Å². The molecule has 5 heteroatoms. The van der Waals surface area contributed by atoms with Crippen molar-refractivity contribution in [2.24, 2.45) is 0 Å². The van der Waals surface area contributed by atoms with E-state index in [1.807, 2.05) is 11.8 Å². The monoisotopic (exact) mass is 239 g/mol. The maximum Gasteiger partial charge on any atom is 0.240 e. The lowest BCUT2D eigenvalue weighted by Gasteiger charge is -2.36. The smallest absolute Gasteiger partial charge is 0.240 e. The minimum atomic E-state index is -0.0295. The highest BCUT2D eigenvalue weighted by atomic mass is 16.5. The van der Waals surface area contributed by atoms with Crippen LogP contribution in [0, 0.1) is 0 Å². The minimum Gasteiger partial charge on any atom is -0.373 e. The maximum absolute atomic E-state index is 11.8. The SMILES string of the molecule is CC1NCN(CC2CN3CCCC3CO2)C1=O. The predicted molar refractivity (Wildman–Crippen MR) is 63.5 cm³/mol. The standard InChI is InChI=1S/C12H21N3O2/c1-9-12(16)15(8-13-9)6-11-5-14-4-2-3-10(14)7-17-11/h9-11,13H,2-8H2,1H3. The van der Waals surface area contributed by atoms with Gasteiger partial charge in [-0.25, -0.2) is 0 Å². The summed E-state index contributed by atoms with van der Waals surface area (Å²) in [6.45, 7) is 6.36. The molecule has 3 fully saturated rings. The molecule has 0 aliphatic carbocycles. The number of ether oxygens (including phenoxy) is 1. The first-order chi connectivity index (χ1) is 8.24. The Morgan fingerprint density at radius 3 is 3.18 bits per heavy atom. The Labute approximate surface area is 102 Å². The van der Waals surface area contributed by atoms with Crippen LogP contribution >= 0.6 is 0 Å². The molecule has 0 spiro atoms. The van der Waals surface area contributed by atoms with E-state index in [-0.39, 0.29) is 18.1 Å². The Kier molecular flexibility index (Phi) is 3.06. The molecule has 1 N–H and O–H groups in total. The summed E-state index contributed by atoms with van der Waals surface area (Å²) in [6.07, 6.45) is 2.76. The van der Waals surface area contributed by atoms with Gasteiger partial charge in [0, 0.05) is 19.1 Å². The molecule has 0 radical (unpaired) electrons. The molecule has 5 nitrogen and oxygen atoms in total. The second-order valence-corrected chi connectivity index (χ2v) is 5.39. The van der Waals surface area contributed by atoms with Gasteiger partial charge < -0.3 is 9.64 Å². The summed E-state index contributed by atoms with van der Waals surface area (Å²) in [6, 6.07) is 0.607. The molecule has 3 unspecified atom stereocenters. The van der Waals surface area contributed by atoms with E-state index >= 15 is 0 Å². The van der Waals surface area contributed by atoms with Gasteiger partial charge in [0.1, 0.15) is 0 Å². The van der Waals surface area contributed by atoms with E-state index in [4.69, 9.17) is 4.74 Å². The molecule has 1 amide bonds. The molecule has 17 heavy (non-hydrogen) atoms. The van der Waals surface area contributed by atoms with Crippen LogP contribution in [0.4, 0.5) is 0 Å². The van der Waals surface area contributed by atoms with Gasteiger partial charge in [0.25, 0.3) is 0 Å². The highest BCUT2D eigenvalue weighted by molar-refractivity contribution is 5.83. The van der Waals surface area contributed by atoms with Gasteiger partial charge >= 0.3 is 0 Å². The largest absolute Gasteiger partial charge is 0.373 e. The molecular weight excluding hydrogens is 218 g/mol. The molecule has 3 heterocycles. The Morgan fingerprint density at radius 1 is 1.53 bits per heavy atom. The molecule has 0 bridgehead atoms. The summed E-state index contributed by atoms with van der Waals surface area (Å²) in [7, 11) is 0. The van der Waals surface area contributed by atoms with Crippen molar-refractivity contribution in [3.05, 3.63) is 0 Å². The van der Waals surface area contributed by atoms with Crippen molar-refractivity contribution >= 4 is 5.91 Å². The topological polar surface area (TPSA) is 44.8 Å². The van der Waals surface area contributed by atoms with Crippen LogP contribution < -0.4 is 5.32 Å². The average molecular weight is 239 g/mol. The van der Waals surface area contributed by atoms with Gasteiger partial charge in [0.15, 0.2) is 0 Å². The van der Waals surface area contributed by atoms with Crippen LogP contribution in [0.15, 0.2) is 0 Å². The number of nitrogens with one attached hydrogen (secondary N) is 1. The first kappa shape index (κ1) is 11.4. The Hall–Kier alpha value is -0.650. The van der Waals surface area contributed by atoms with Gasteiger partial charge in [-0.05, 0) is 26.3 Å². The number of carbonyl (C=O) groups excluding carboxylic acids is 1. The highest BCUT2D eigenvalue weighted by Gasteiger charge is 2.35. The average Bonchev–Trinajstić information content (AvgIpc) is 2.90. The summed E-state index contributed by atoms with van der Waals surface area (Å²) in [5, 5.41) is 3.16. The Morgan fingerprint density at radius 2 is 2.41 bits per heavy atom. The molecule has 3 aliphatic rings. The van der Waals surface area contributed by atoms with E-state index in [1.165, 1.54) is 19.4 Å². The summed E-state index contributed by atoms with van der Waals surface area (Å²) in [5.74, 6) is 0.206. The third-order valence-electron chi connectivity index (χ3n) is 4.16. The van der Waals surface area contributed by atoms with Crippen LogP contribution in [-0.2, 0) is 9.53 Å². The van der Waals surface area contributed by atoms with Gasteiger partial charge in [-0.1, -0.05) is 0 Å². The number of nitrogens with zero attached hydrogens (tertiary/aromatic N) is 2. The number of rotatable bonds is 2. The van der Waals surface area contributed by atoms with Crippen molar-refractivity contribution in [2.75, 3.05) is 32.9 Å². The number of hydrogen-bond donors (Lipinski definition) is 1. The zero-order valence-electron chi connectivity index (χ0n) is 10.4. The predicted octanol–water partition coefficient (Wildman–Crippen LogP) is -0.373. The van der Waals surface area contributed by atoms with E-state index < -0.39 is 0 Å². The molecule has 3 atom stereocenters. The van der Waals surface area contributed by atoms with Crippen LogP contribution in [0.1, 0.15) is 19.8 Å². The zero-order valence-corrected chi connectivity index (χ0v) is 10.4. The molecule has 3 saturated heterocycles. The van der Waals surface area contributed by atoms with E-state index in [0.29, 0.717) is 12.7 Å². The molecule has 0 saturated carbocycles. The lowest BCUT2D eigenvalue weighted by Crippen LogP contribution is -2.50. The molecule has 0 aromatic heterocycles. The molecule has 3 rings (SSSR count). The van der Waals surface area contributed by atoms with E-state index in [9.17, 15) is 4.79 Å². The Balaban J connectivity index is 1.54. The van der Waals surface area contributed by atoms with Crippen molar-refractivity contribution in [1.29, 1.82) is 0 Å². The van der Waals surface area contributed by atoms with Gasteiger partial charge in [-0.15, -0.1) is 0 Å². The normalized spacial score (nSPS) is 38.8. The Bertz CT molecular complexity index is 310. The van der Waals surface area contributed by atoms with Crippen molar-refractivity contribution in [1.82, 2.24) is 15.1 Å². The fraction of sp³-hybridized carbons (Fsp3) is 0.917. The molecule has 3 aliphatic heterocycles. The van der Waals surface area contributed by atoms with Crippen molar-refractivity contribution in [3.8, 4) is 0 Å². The quantitative estimate of drug-likeness (QED) is 0.714. The lowest BCUT2D eigenvalue weighted by molar-refractivity contribution is -0.132. The number of carbonyl (C=O) groups is 1. The van der Waals surface area contributed by atoms with Crippen LogP contribution in [0.25, 0.3) is 0 Å².